The van der Waals surface area contributed by atoms with Crippen LogP contribution < -0.4 is 0 Å². The van der Waals surface area contributed by atoms with Gasteiger partial charge in [0.05, 0.1) is 6.61 Å². The van der Waals surface area contributed by atoms with E-state index in [9.17, 15) is 15.3 Å². The molecule has 0 aliphatic carbocycles. The van der Waals surface area contributed by atoms with Crippen molar-refractivity contribution in [2.45, 2.75) is 30.2 Å². The maximum Gasteiger partial charge on any atom is 0.184 e. The van der Waals surface area contributed by atoms with Crippen LogP contribution in [0.3, 0.4) is 0 Å². The zero-order valence-electron chi connectivity index (χ0n) is 8.41. The minimum absolute atomic E-state index is 0.568. The Morgan fingerprint density at radius 3 is 2.47 bits per heavy atom. The van der Waals surface area contributed by atoms with Crippen LogP contribution in [0.1, 0.15) is 0 Å². The van der Waals surface area contributed by atoms with Crippen molar-refractivity contribution in [3.05, 3.63) is 12.7 Å². The quantitative estimate of drug-likeness (QED) is 0.410. The highest BCUT2D eigenvalue weighted by molar-refractivity contribution is 5.09. The summed E-state index contributed by atoms with van der Waals surface area (Å²) in [5, 5.41) is 37.8. The van der Waals surface area contributed by atoms with Crippen molar-refractivity contribution < 1.29 is 29.9 Å². The third kappa shape index (κ3) is 1.92. The molecule has 1 rings (SSSR count). The average molecular weight is 220 g/mol. The standard InChI is InChI=1S/C9H16O6/c1-3-9(4-10)7(12)6(14-2)5(11)8(13)15-9/h3,5-8,10-13H,1,4H2,2H3/t5?,6-,7+,8?,9?/m1/s1. The molecule has 1 aliphatic rings. The summed E-state index contributed by atoms with van der Waals surface area (Å²) in [5.41, 5.74) is -1.51. The Labute approximate surface area is 87.4 Å². The van der Waals surface area contributed by atoms with Crippen LogP contribution in [0.15, 0.2) is 12.7 Å². The van der Waals surface area contributed by atoms with Crippen molar-refractivity contribution in [2.75, 3.05) is 13.7 Å². The molecule has 5 atom stereocenters. The van der Waals surface area contributed by atoms with Crippen LogP contribution in [-0.2, 0) is 9.47 Å². The van der Waals surface area contributed by atoms with Gasteiger partial charge >= 0.3 is 0 Å². The van der Waals surface area contributed by atoms with Gasteiger partial charge in [-0.1, -0.05) is 6.08 Å². The predicted octanol–water partition coefficient (Wildman–Crippen LogP) is -2.01. The lowest BCUT2D eigenvalue weighted by molar-refractivity contribution is -0.315. The fourth-order valence-electron chi connectivity index (χ4n) is 1.62. The normalized spacial score (nSPS) is 46.5. The fourth-order valence-corrected chi connectivity index (χ4v) is 1.62. The Bertz CT molecular complexity index is 233. The number of methoxy groups -OCH3 is 1. The zero-order chi connectivity index (χ0) is 11.6. The van der Waals surface area contributed by atoms with Gasteiger partial charge in [0.2, 0.25) is 0 Å². The Hall–Kier alpha value is -0.500. The topological polar surface area (TPSA) is 99.4 Å². The highest BCUT2D eigenvalue weighted by atomic mass is 16.7. The van der Waals surface area contributed by atoms with Crippen molar-refractivity contribution >= 4 is 0 Å². The van der Waals surface area contributed by atoms with E-state index >= 15 is 0 Å². The molecular formula is C9H16O6. The SMILES string of the molecule is C=CC1(CO)OC(O)C(O)[C@@H](OC)[C@@H]1O. The highest BCUT2D eigenvalue weighted by Gasteiger charge is 2.52. The number of rotatable bonds is 3. The average Bonchev–Trinajstić information content (AvgIpc) is 2.25. The van der Waals surface area contributed by atoms with E-state index in [2.05, 4.69) is 6.58 Å². The second-order valence-corrected chi connectivity index (χ2v) is 3.46. The molecule has 15 heavy (non-hydrogen) atoms. The minimum Gasteiger partial charge on any atom is -0.393 e. The van der Waals surface area contributed by atoms with Crippen molar-refractivity contribution in [3.63, 3.8) is 0 Å². The Morgan fingerprint density at radius 1 is 1.47 bits per heavy atom. The number of ether oxygens (including phenoxy) is 2. The van der Waals surface area contributed by atoms with Crippen LogP contribution >= 0.6 is 0 Å². The van der Waals surface area contributed by atoms with Crippen LogP contribution in [0.4, 0.5) is 0 Å². The van der Waals surface area contributed by atoms with Crippen molar-refractivity contribution in [3.8, 4) is 0 Å². The summed E-state index contributed by atoms with van der Waals surface area (Å²) in [5.74, 6) is 0. The number of aliphatic hydroxyl groups excluding tert-OH is 4. The van der Waals surface area contributed by atoms with Gasteiger partial charge in [-0.3, -0.25) is 0 Å². The van der Waals surface area contributed by atoms with E-state index in [0.29, 0.717) is 0 Å². The van der Waals surface area contributed by atoms with Gasteiger partial charge in [0.1, 0.15) is 23.9 Å². The molecule has 0 amide bonds. The molecule has 0 saturated carbocycles. The van der Waals surface area contributed by atoms with Gasteiger partial charge in [0.25, 0.3) is 0 Å². The van der Waals surface area contributed by atoms with E-state index in [1.807, 2.05) is 0 Å². The fraction of sp³-hybridized carbons (Fsp3) is 0.778. The smallest absolute Gasteiger partial charge is 0.184 e. The van der Waals surface area contributed by atoms with E-state index in [-0.39, 0.29) is 0 Å². The van der Waals surface area contributed by atoms with Crippen LogP contribution in [0.25, 0.3) is 0 Å². The lowest BCUT2D eigenvalue weighted by Gasteiger charge is -2.46. The van der Waals surface area contributed by atoms with Gasteiger partial charge in [-0.05, 0) is 0 Å². The molecule has 3 unspecified atom stereocenters. The van der Waals surface area contributed by atoms with Gasteiger partial charge in [0.15, 0.2) is 6.29 Å². The van der Waals surface area contributed by atoms with E-state index in [4.69, 9.17) is 14.6 Å². The molecule has 0 radical (unpaired) electrons. The molecule has 6 heteroatoms. The molecule has 0 aromatic rings. The Morgan fingerprint density at radius 2 is 2.07 bits per heavy atom. The Kier molecular flexibility index (Phi) is 3.82. The van der Waals surface area contributed by atoms with E-state index < -0.39 is 36.8 Å². The monoisotopic (exact) mass is 220 g/mol. The summed E-state index contributed by atoms with van der Waals surface area (Å²) in [6, 6.07) is 0. The first-order valence-corrected chi connectivity index (χ1v) is 4.51. The number of hydrogen-bond donors (Lipinski definition) is 4. The summed E-state index contributed by atoms with van der Waals surface area (Å²) >= 11 is 0. The summed E-state index contributed by atoms with van der Waals surface area (Å²) < 4.78 is 9.78. The molecule has 0 bridgehead atoms. The lowest BCUT2D eigenvalue weighted by atomic mass is 9.87. The van der Waals surface area contributed by atoms with Crippen molar-refractivity contribution in [1.82, 2.24) is 0 Å². The molecule has 88 valence electrons. The largest absolute Gasteiger partial charge is 0.393 e. The maximum absolute atomic E-state index is 9.82. The van der Waals surface area contributed by atoms with Gasteiger partial charge in [-0.2, -0.15) is 0 Å². The Balaban J connectivity index is 2.98. The molecule has 1 fully saturated rings. The molecular weight excluding hydrogens is 204 g/mol. The van der Waals surface area contributed by atoms with Crippen LogP contribution in [-0.4, -0.2) is 64.3 Å². The summed E-state index contributed by atoms with van der Waals surface area (Å²) in [4.78, 5) is 0. The van der Waals surface area contributed by atoms with Gasteiger partial charge < -0.3 is 29.9 Å². The molecule has 1 aliphatic heterocycles. The van der Waals surface area contributed by atoms with Crippen molar-refractivity contribution in [1.29, 1.82) is 0 Å². The summed E-state index contributed by atoms with van der Waals surface area (Å²) in [6.07, 6.45) is -4.07. The van der Waals surface area contributed by atoms with Crippen LogP contribution in [0.5, 0.6) is 0 Å². The first-order chi connectivity index (χ1) is 7.02. The second kappa shape index (κ2) is 4.56. The first kappa shape index (κ1) is 12.6. The van der Waals surface area contributed by atoms with Crippen LogP contribution in [0.2, 0.25) is 0 Å². The third-order valence-electron chi connectivity index (χ3n) is 2.65. The third-order valence-corrected chi connectivity index (χ3v) is 2.65. The summed E-state index contributed by atoms with van der Waals surface area (Å²) in [7, 11) is 1.28. The molecule has 1 heterocycles. The molecule has 0 spiro atoms. The molecule has 0 aromatic carbocycles. The number of aliphatic hydroxyl groups is 4. The second-order valence-electron chi connectivity index (χ2n) is 3.46. The first-order valence-electron chi connectivity index (χ1n) is 4.51. The van der Waals surface area contributed by atoms with E-state index in [1.165, 1.54) is 13.2 Å². The maximum atomic E-state index is 9.82. The lowest BCUT2D eigenvalue weighted by Crippen LogP contribution is -2.65. The van der Waals surface area contributed by atoms with Gasteiger partial charge in [0, 0.05) is 7.11 Å². The molecule has 0 aromatic heterocycles. The van der Waals surface area contributed by atoms with Crippen LogP contribution in [0, 0.1) is 0 Å². The molecule has 6 nitrogen and oxygen atoms in total. The van der Waals surface area contributed by atoms with Gasteiger partial charge in [-0.15, -0.1) is 6.58 Å². The summed E-state index contributed by atoms with van der Waals surface area (Å²) in [6.45, 7) is 2.84. The number of hydrogen-bond acceptors (Lipinski definition) is 6. The molecule has 1 saturated heterocycles. The van der Waals surface area contributed by atoms with E-state index in [0.717, 1.165) is 0 Å². The molecule has 4 N–H and O–H groups in total. The van der Waals surface area contributed by atoms with Gasteiger partial charge in [-0.25, -0.2) is 0 Å². The van der Waals surface area contributed by atoms with E-state index in [1.54, 1.807) is 0 Å². The zero-order valence-corrected chi connectivity index (χ0v) is 8.41. The predicted molar refractivity (Wildman–Crippen MR) is 49.9 cm³/mol. The highest BCUT2D eigenvalue weighted by Crippen LogP contribution is 2.31. The minimum atomic E-state index is -1.54. The van der Waals surface area contributed by atoms with Crippen molar-refractivity contribution in [2.24, 2.45) is 0 Å².